The van der Waals surface area contributed by atoms with Crippen molar-refractivity contribution in [2.24, 2.45) is 0 Å². The van der Waals surface area contributed by atoms with Crippen LogP contribution in [0, 0.1) is 6.92 Å². The molecule has 1 saturated heterocycles. The van der Waals surface area contributed by atoms with Crippen LogP contribution >= 0.6 is 0 Å². The van der Waals surface area contributed by atoms with Gasteiger partial charge in [0.2, 0.25) is 5.91 Å². The van der Waals surface area contributed by atoms with Gasteiger partial charge < -0.3 is 9.47 Å². The summed E-state index contributed by atoms with van der Waals surface area (Å²) in [6.07, 6.45) is 0.118. The Labute approximate surface area is 152 Å². The van der Waals surface area contributed by atoms with Gasteiger partial charge in [-0.15, -0.1) is 4.28 Å². The Morgan fingerprint density at radius 3 is 2.31 bits per heavy atom. The third kappa shape index (κ3) is 3.25. The van der Waals surface area contributed by atoms with Crippen LogP contribution in [0.15, 0.2) is 47.4 Å². The van der Waals surface area contributed by atoms with E-state index in [-0.39, 0.29) is 11.3 Å². The summed E-state index contributed by atoms with van der Waals surface area (Å²) in [6.45, 7) is 1.85. The Morgan fingerprint density at radius 1 is 1.04 bits per heavy atom. The number of hydrogen-bond acceptors (Lipinski definition) is 6. The number of hydrogen-bond donors (Lipinski definition) is 0. The quantitative estimate of drug-likeness (QED) is 0.720. The summed E-state index contributed by atoms with van der Waals surface area (Å²) < 4.78 is 40.7. The minimum atomic E-state index is -4.11. The Hall–Kier alpha value is -2.58. The van der Waals surface area contributed by atoms with Crippen molar-refractivity contribution in [3.8, 4) is 11.5 Å². The number of rotatable bonds is 6. The van der Waals surface area contributed by atoms with Crippen LogP contribution in [0.3, 0.4) is 0 Å². The molecule has 8 heteroatoms. The van der Waals surface area contributed by atoms with E-state index in [1.165, 1.54) is 26.4 Å². The van der Waals surface area contributed by atoms with Crippen molar-refractivity contribution in [1.29, 1.82) is 0 Å². The van der Waals surface area contributed by atoms with Crippen molar-refractivity contribution >= 4 is 16.0 Å². The number of aryl methyl sites for hydroxylation is 1. The van der Waals surface area contributed by atoms with Crippen LogP contribution in [0.4, 0.5) is 0 Å². The lowest BCUT2D eigenvalue weighted by molar-refractivity contribution is -0.189. The maximum absolute atomic E-state index is 12.5. The molecule has 3 rings (SSSR count). The molecule has 1 aliphatic heterocycles. The third-order valence-corrected chi connectivity index (χ3v) is 5.38. The van der Waals surface area contributed by atoms with E-state index in [1.54, 1.807) is 30.3 Å². The van der Waals surface area contributed by atoms with E-state index in [4.69, 9.17) is 13.8 Å². The first kappa shape index (κ1) is 18.2. The highest BCUT2D eigenvalue weighted by molar-refractivity contribution is 7.86. The van der Waals surface area contributed by atoms with Gasteiger partial charge in [0, 0.05) is 5.56 Å². The van der Waals surface area contributed by atoms with Crippen molar-refractivity contribution < 1.29 is 27.0 Å². The van der Waals surface area contributed by atoms with E-state index in [0.29, 0.717) is 17.1 Å². The van der Waals surface area contributed by atoms with Gasteiger partial charge in [0.05, 0.1) is 31.6 Å². The molecule has 1 aliphatic rings. The number of benzene rings is 2. The maximum atomic E-state index is 12.5. The molecule has 1 heterocycles. The molecule has 1 fully saturated rings. The summed E-state index contributed by atoms with van der Waals surface area (Å²) in [7, 11) is -1.13. The molecular formula is C18H19NO6S. The Morgan fingerprint density at radius 2 is 1.73 bits per heavy atom. The smallest absolute Gasteiger partial charge is 0.317 e. The van der Waals surface area contributed by atoms with E-state index in [9.17, 15) is 13.2 Å². The molecular weight excluding hydrogens is 358 g/mol. The number of nitrogens with zero attached hydrogens (tertiary/aromatic N) is 1. The van der Waals surface area contributed by atoms with Gasteiger partial charge >= 0.3 is 10.1 Å². The van der Waals surface area contributed by atoms with Gasteiger partial charge in [0.15, 0.2) is 11.5 Å². The molecule has 1 atom stereocenters. The van der Waals surface area contributed by atoms with E-state index < -0.39 is 22.1 Å². The molecule has 0 aliphatic carbocycles. The van der Waals surface area contributed by atoms with Gasteiger partial charge in [-0.3, -0.25) is 4.79 Å². The van der Waals surface area contributed by atoms with Crippen LogP contribution in [-0.2, 0) is 19.2 Å². The predicted octanol–water partition coefficient (Wildman–Crippen LogP) is 2.61. The second kappa shape index (κ2) is 6.97. The fourth-order valence-electron chi connectivity index (χ4n) is 2.76. The number of methoxy groups -OCH3 is 2. The van der Waals surface area contributed by atoms with Gasteiger partial charge in [-0.05, 0) is 25.1 Å². The second-order valence-corrected chi connectivity index (χ2v) is 7.39. The van der Waals surface area contributed by atoms with Crippen LogP contribution in [0.2, 0.25) is 0 Å². The number of hydroxylamine groups is 2. The summed E-state index contributed by atoms with van der Waals surface area (Å²) in [4.78, 5) is 12.0. The van der Waals surface area contributed by atoms with Gasteiger partial charge in [-0.1, -0.05) is 29.8 Å². The monoisotopic (exact) mass is 377 g/mol. The standard InChI is InChI=1S/C18H19NO6S/c1-12-7-9-13(10-8-12)26(21,22)25-19-15(11-17(19)20)14-5-4-6-16(23-2)18(14)24-3/h4-10,15H,11H2,1-3H3. The SMILES string of the molecule is COc1cccc(C2CC(=O)N2OS(=O)(=O)c2ccc(C)cc2)c1OC. The van der Waals surface area contributed by atoms with E-state index in [0.717, 1.165) is 10.6 Å². The van der Waals surface area contributed by atoms with Crippen molar-refractivity contribution in [2.45, 2.75) is 24.3 Å². The lowest BCUT2D eigenvalue weighted by atomic mass is 9.95. The zero-order chi connectivity index (χ0) is 18.9. The summed E-state index contributed by atoms with van der Waals surface area (Å²) in [5.74, 6) is 0.509. The first-order valence-corrected chi connectivity index (χ1v) is 9.32. The van der Waals surface area contributed by atoms with Crippen LogP contribution in [0.5, 0.6) is 11.5 Å². The topological polar surface area (TPSA) is 82.1 Å². The van der Waals surface area contributed by atoms with E-state index in [2.05, 4.69) is 0 Å². The van der Waals surface area contributed by atoms with Crippen molar-refractivity contribution in [2.75, 3.05) is 14.2 Å². The molecule has 0 spiro atoms. The number of para-hydroxylation sites is 1. The molecule has 2 aromatic rings. The highest BCUT2D eigenvalue weighted by atomic mass is 32.2. The minimum Gasteiger partial charge on any atom is -0.493 e. The number of ether oxygens (including phenoxy) is 2. The zero-order valence-electron chi connectivity index (χ0n) is 14.6. The Kier molecular flexibility index (Phi) is 4.88. The molecule has 1 amide bonds. The molecule has 138 valence electrons. The zero-order valence-corrected chi connectivity index (χ0v) is 15.4. The molecule has 1 unspecified atom stereocenters. The predicted molar refractivity (Wildman–Crippen MR) is 93.2 cm³/mol. The van der Waals surface area contributed by atoms with Gasteiger partial charge in [0.25, 0.3) is 0 Å². The first-order valence-electron chi connectivity index (χ1n) is 7.91. The number of carbonyl (C=O) groups excluding carboxylic acids is 1. The average Bonchev–Trinajstić information content (AvgIpc) is 2.64. The normalized spacial score (nSPS) is 17.0. The Bertz CT molecular complexity index is 923. The average molecular weight is 377 g/mol. The molecule has 0 saturated carbocycles. The molecule has 0 bridgehead atoms. The second-order valence-electron chi connectivity index (χ2n) is 5.86. The molecule has 0 aromatic heterocycles. The molecule has 2 aromatic carbocycles. The fraction of sp³-hybridized carbons (Fsp3) is 0.278. The van der Waals surface area contributed by atoms with Crippen molar-refractivity contribution in [1.82, 2.24) is 5.06 Å². The van der Waals surface area contributed by atoms with Crippen LogP contribution < -0.4 is 9.47 Å². The highest BCUT2D eigenvalue weighted by Crippen LogP contribution is 2.43. The van der Waals surface area contributed by atoms with E-state index >= 15 is 0 Å². The number of β-lactam (4-membered cyclic amide) rings is 1. The lowest BCUT2D eigenvalue weighted by Gasteiger charge is -2.38. The summed E-state index contributed by atoms with van der Waals surface area (Å²) in [5.41, 5.74) is 1.54. The third-order valence-electron chi connectivity index (χ3n) is 4.18. The Balaban J connectivity index is 1.89. The first-order chi connectivity index (χ1) is 12.4. The van der Waals surface area contributed by atoms with Crippen molar-refractivity contribution in [3.63, 3.8) is 0 Å². The van der Waals surface area contributed by atoms with Gasteiger partial charge in [-0.2, -0.15) is 13.5 Å². The van der Waals surface area contributed by atoms with E-state index in [1.807, 2.05) is 6.92 Å². The van der Waals surface area contributed by atoms with Crippen LogP contribution in [0.1, 0.15) is 23.6 Å². The highest BCUT2D eigenvalue weighted by Gasteiger charge is 2.43. The molecule has 0 N–H and O–H groups in total. The van der Waals surface area contributed by atoms with Crippen LogP contribution in [-0.4, -0.2) is 33.6 Å². The minimum absolute atomic E-state index is 0.0147. The largest absolute Gasteiger partial charge is 0.493 e. The van der Waals surface area contributed by atoms with Crippen molar-refractivity contribution in [3.05, 3.63) is 53.6 Å². The lowest BCUT2D eigenvalue weighted by Crippen LogP contribution is -2.47. The molecule has 0 radical (unpaired) electrons. The van der Waals surface area contributed by atoms with Gasteiger partial charge in [0.1, 0.15) is 0 Å². The fourth-order valence-corrected chi connectivity index (χ4v) is 3.71. The summed E-state index contributed by atoms with van der Waals surface area (Å²) >= 11 is 0. The number of amides is 1. The maximum Gasteiger partial charge on any atom is 0.317 e. The van der Waals surface area contributed by atoms with Crippen LogP contribution in [0.25, 0.3) is 0 Å². The summed E-state index contributed by atoms with van der Waals surface area (Å²) in [5, 5.41) is 0.868. The molecule has 7 nitrogen and oxygen atoms in total. The van der Waals surface area contributed by atoms with Gasteiger partial charge in [-0.25, -0.2) is 0 Å². The summed E-state index contributed by atoms with van der Waals surface area (Å²) in [6, 6.07) is 10.8. The number of carbonyl (C=O) groups is 1. The molecule has 26 heavy (non-hydrogen) atoms.